The van der Waals surface area contributed by atoms with Crippen LogP contribution in [0.1, 0.15) is 275 Å². The van der Waals surface area contributed by atoms with Crippen molar-refractivity contribution in [1.82, 2.24) is 19.6 Å². The van der Waals surface area contributed by atoms with Crippen LogP contribution in [0.4, 0.5) is 0 Å². The Morgan fingerprint density at radius 3 is 0.853 bits per heavy atom. The molecule has 12 rings (SSSR count). The monoisotopic (exact) mass is 1540 g/mol. The summed E-state index contributed by atoms with van der Waals surface area (Å²) in [5.74, 6) is 8.53. The first-order chi connectivity index (χ1) is 50.9. The third kappa shape index (κ3) is 33.5. The van der Waals surface area contributed by atoms with Crippen LogP contribution < -0.4 is 0 Å². The van der Waals surface area contributed by atoms with E-state index in [0.29, 0.717) is 98.9 Å². The minimum absolute atomic E-state index is 0.00259. The van der Waals surface area contributed by atoms with Crippen molar-refractivity contribution < 1.29 is 66.3 Å². The Labute approximate surface area is 667 Å². The molecule has 4 aliphatic heterocycles. The van der Waals surface area contributed by atoms with Gasteiger partial charge in [-0.1, -0.05) is 0 Å². The molecule has 0 N–H and O–H groups in total. The zero-order valence-corrected chi connectivity index (χ0v) is 74.6. The molecule has 18 nitrogen and oxygen atoms in total. The number of hydrogen-bond donors (Lipinski definition) is 0. The molecule has 4 heterocycles. The molecule has 109 heavy (non-hydrogen) atoms. The highest BCUT2D eigenvalue weighted by Crippen LogP contribution is 2.54. The van der Waals surface area contributed by atoms with E-state index in [1.54, 1.807) is 0 Å². The average Bonchev–Trinajstić information content (AvgIpc) is 1.63. The van der Waals surface area contributed by atoms with E-state index >= 15 is 0 Å². The van der Waals surface area contributed by atoms with Crippen molar-refractivity contribution in [2.45, 2.75) is 381 Å². The lowest BCUT2D eigenvalue weighted by Gasteiger charge is -2.48. The molecular formula is C91H170N4O14. The van der Waals surface area contributed by atoms with Crippen LogP contribution in [0.2, 0.25) is 0 Å². The fourth-order valence-corrected chi connectivity index (χ4v) is 17.3. The van der Waals surface area contributed by atoms with E-state index in [2.05, 4.69) is 186 Å². The van der Waals surface area contributed by atoms with Gasteiger partial charge in [0.1, 0.15) is 0 Å². The summed E-state index contributed by atoms with van der Waals surface area (Å²) in [5.41, 5.74) is 1.09. The van der Waals surface area contributed by atoms with Crippen molar-refractivity contribution in [2.24, 2.45) is 59.2 Å². The van der Waals surface area contributed by atoms with E-state index < -0.39 is 0 Å². The first-order valence-corrected chi connectivity index (χ1v) is 44.7. The largest absolute Gasteiger partial charge is 0.381 e. The Balaban J connectivity index is 0.000000167. The molecule has 0 aromatic carbocycles. The molecule has 8 saturated carbocycles. The van der Waals surface area contributed by atoms with Crippen LogP contribution in [-0.4, -0.2) is 270 Å². The lowest BCUT2D eigenvalue weighted by Crippen LogP contribution is -2.59. The summed E-state index contributed by atoms with van der Waals surface area (Å²) in [4.78, 5) is 9.98. The van der Waals surface area contributed by atoms with Gasteiger partial charge in [-0.25, -0.2) is 0 Å². The Morgan fingerprint density at radius 2 is 0.486 bits per heavy atom. The first-order valence-electron chi connectivity index (χ1n) is 44.7. The van der Waals surface area contributed by atoms with Crippen molar-refractivity contribution in [1.29, 1.82) is 0 Å². The van der Waals surface area contributed by atoms with Gasteiger partial charge in [0.05, 0.1) is 123 Å². The molecule has 0 bridgehead atoms. The molecule has 0 aromatic heterocycles. The second-order valence-electron chi connectivity index (χ2n) is 43.9. The summed E-state index contributed by atoms with van der Waals surface area (Å²) in [6.45, 7) is 73.3. The van der Waals surface area contributed by atoms with Crippen LogP contribution in [0.25, 0.3) is 0 Å². The molecule has 0 radical (unpaired) electrons. The number of hydrogen-bond acceptors (Lipinski definition) is 18. The Morgan fingerprint density at radius 1 is 0.220 bits per heavy atom. The first kappa shape index (κ1) is 92.2. The van der Waals surface area contributed by atoms with E-state index in [1.165, 1.54) is 58.0 Å². The molecule has 6 atom stereocenters. The van der Waals surface area contributed by atoms with Crippen LogP contribution in [-0.2, 0) is 66.3 Å². The van der Waals surface area contributed by atoms with Gasteiger partial charge in [-0.2, -0.15) is 0 Å². The summed E-state index contributed by atoms with van der Waals surface area (Å²) in [5, 5.41) is 0. The SMILES string of the molecule is CC(C)(C)OC1CC(C2CC2COCCCCOC2CN(C(C)(C)C)C2)C1.CC(C)(C)OC1CC(C2CC2COCCOCCOC2CN(C(C)(C)C)C2)C1.CC(C)(C)OC1CC(OCC2CC(OCCOC3CN(C(C)(C)C)C3)C2)C1.CC(C)(C)OC1CC(OCCCCOCC2CC2C2CN(C(C)(C)C)C2)C1. The van der Waals surface area contributed by atoms with E-state index in [4.69, 9.17) is 66.3 Å². The summed E-state index contributed by atoms with van der Waals surface area (Å²) in [6.07, 6.45) is 24.3. The van der Waals surface area contributed by atoms with Gasteiger partial charge in [0.15, 0.2) is 0 Å². The lowest BCUT2D eigenvalue weighted by molar-refractivity contribution is -0.161. The zero-order chi connectivity index (χ0) is 79.3. The molecule has 6 unspecified atom stereocenters. The fraction of sp³-hybridized carbons (Fsp3) is 1.00. The predicted molar refractivity (Wildman–Crippen MR) is 439 cm³/mol. The molecule has 8 aliphatic carbocycles. The average molecular weight is 1540 g/mol. The fourth-order valence-electron chi connectivity index (χ4n) is 17.3. The molecule has 12 aliphatic rings. The molecule has 4 saturated heterocycles. The van der Waals surface area contributed by atoms with Crippen molar-refractivity contribution in [2.75, 3.05) is 145 Å². The minimum atomic E-state index is -0.0392. The maximum atomic E-state index is 6.06. The van der Waals surface area contributed by atoms with Crippen molar-refractivity contribution in [3.05, 3.63) is 0 Å². The zero-order valence-electron chi connectivity index (χ0n) is 74.6. The van der Waals surface area contributed by atoms with E-state index in [-0.39, 0.29) is 39.0 Å². The number of unbranched alkanes of at least 4 members (excludes halogenated alkanes) is 2. The number of rotatable bonds is 40. The Kier molecular flexibility index (Phi) is 34.5. The molecule has 12 fully saturated rings. The van der Waals surface area contributed by atoms with Gasteiger partial charge in [-0.3, -0.25) is 19.6 Å². The highest BCUT2D eigenvalue weighted by Gasteiger charge is 2.52. The van der Waals surface area contributed by atoms with Gasteiger partial charge in [-0.15, -0.1) is 0 Å². The molecule has 0 aromatic rings. The summed E-state index contributed by atoms with van der Waals surface area (Å²) < 4.78 is 82.9. The summed E-state index contributed by atoms with van der Waals surface area (Å²) >= 11 is 0. The van der Waals surface area contributed by atoms with E-state index in [9.17, 15) is 0 Å². The third-order valence-electron chi connectivity index (χ3n) is 25.0. The van der Waals surface area contributed by atoms with Gasteiger partial charge in [-0.05, 0) is 335 Å². The summed E-state index contributed by atoms with van der Waals surface area (Å²) in [6, 6.07) is 0. The Hall–Kier alpha value is -0.720. The van der Waals surface area contributed by atoms with Crippen LogP contribution in [0.3, 0.4) is 0 Å². The molecular weight excluding hydrogens is 1370 g/mol. The van der Waals surface area contributed by atoms with Gasteiger partial charge in [0.25, 0.3) is 0 Å². The van der Waals surface area contributed by atoms with Gasteiger partial charge < -0.3 is 66.3 Å². The smallest absolute Gasteiger partial charge is 0.0830 e. The van der Waals surface area contributed by atoms with Crippen LogP contribution >= 0.6 is 0 Å². The number of ether oxygens (including phenoxy) is 14. The number of likely N-dealkylation sites (tertiary alicyclic amines) is 4. The third-order valence-corrected chi connectivity index (χ3v) is 25.0. The molecule has 18 heteroatoms. The highest BCUT2D eigenvalue weighted by atomic mass is 16.6. The van der Waals surface area contributed by atoms with Crippen LogP contribution in [0, 0.1) is 59.2 Å². The van der Waals surface area contributed by atoms with Crippen LogP contribution in [0.5, 0.6) is 0 Å². The van der Waals surface area contributed by atoms with Crippen molar-refractivity contribution >= 4 is 0 Å². The van der Waals surface area contributed by atoms with E-state index in [0.717, 1.165) is 223 Å². The number of nitrogens with zero attached hydrogens (tertiary/aromatic N) is 4. The standard InChI is InChI=1S/C23H43NO4.2C23H43NO3.C22H41NO4/c1-22(2,3)24-14-20(15-24)27-10-9-25-7-8-26-16-18-13-21(18)17-11-19(12-17)28-23(4,5)6;1-22(2,3)24-14-18(15-24)21-11-17(21)16-25-9-7-8-10-26-19-12-20(13-19)27-23(4,5)6;1-22(2,3)24-14-20(15-24)26-10-8-7-9-25-16-18-13-21(18)17-11-19(12-17)27-23(4,5)6;1-21(2,3)23-13-20(14-23)25-8-7-24-17-9-16(10-17)15-26-18-11-19(12-18)27-22(4,5)6/h17-21H,7-16H2,1-6H3;2*17-21H,7-16H2,1-6H3;16-20H,7-15H2,1-6H3. The lowest BCUT2D eigenvalue weighted by atomic mass is 9.78. The molecule has 638 valence electrons. The van der Waals surface area contributed by atoms with Crippen LogP contribution in [0.15, 0.2) is 0 Å². The maximum absolute atomic E-state index is 6.06. The van der Waals surface area contributed by atoms with Crippen molar-refractivity contribution in [3.8, 4) is 0 Å². The second-order valence-corrected chi connectivity index (χ2v) is 43.9. The highest BCUT2D eigenvalue weighted by molar-refractivity contribution is 5.02. The van der Waals surface area contributed by atoms with E-state index in [1.807, 2.05) is 0 Å². The van der Waals surface area contributed by atoms with Gasteiger partial charge in [0.2, 0.25) is 0 Å². The normalized spacial score (nSPS) is 32.1. The van der Waals surface area contributed by atoms with Gasteiger partial charge in [0, 0.05) is 127 Å². The minimum Gasteiger partial charge on any atom is -0.381 e. The maximum Gasteiger partial charge on any atom is 0.0830 e. The molecule has 0 spiro atoms. The quantitative estimate of drug-likeness (QED) is 0.0536. The molecule has 0 amide bonds. The topological polar surface area (TPSA) is 142 Å². The summed E-state index contributed by atoms with van der Waals surface area (Å²) in [7, 11) is 0. The predicted octanol–water partition coefficient (Wildman–Crippen LogP) is 16.4. The Bertz CT molecular complexity index is 2530. The second kappa shape index (κ2) is 40.8. The van der Waals surface area contributed by atoms with Crippen molar-refractivity contribution in [3.63, 3.8) is 0 Å². The van der Waals surface area contributed by atoms with Gasteiger partial charge >= 0.3 is 0 Å².